The van der Waals surface area contributed by atoms with Crippen LogP contribution in [0.5, 0.6) is 0 Å². The third-order valence-electron chi connectivity index (χ3n) is 3.46. The van der Waals surface area contributed by atoms with Crippen LogP contribution in [-0.2, 0) is 11.3 Å². The number of aryl methyl sites for hydroxylation is 1. The van der Waals surface area contributed by atoms with Gasteiger partial charge in [0.2, 0.25) is 5.91 Å². The largest absolute Gasteiger partial charge is 0.384 e. The summed E-state index contributed by atoms with van der Waals surface area (Å²) >= 11 is 0. The molecule has 2 N–H and O–H groups in total. The molecule has 4 heteroatoms. The Hall–Kier alpha value is -2.36. The summed E-state index contributed by atoms with van der Waals surface area (Å²) in [4.78, 5) is 15.9. The van der Waals surface area contributed by atoms with Crippen molar-refractivity contribution in [3.63, 3.8) is 0 Å². The molecule has 0 fully saturated rings. The van der Waals surface area contributed by atoms with E-state index in [1.54, 1.807) is 6.20 Å². The van der Waals surface area contributed by atoms with Crippen molar-refractivity contribution >= 4 is 11.6 Å². The lowest BCUT2D eigenvalue weighted by Gasteiger charge is -2.11. The number of aromatic nitrogens is 1. The number of hydrogen-bond acceptors (Lipinski definition) is 3. The average Bonchev–Trinajstić information content (AvgIpc) is 2.50. The Labute approximate surface area is 125 Å². The summed E-state index contributed by atoms with van der Waals surface area (Å²) in [6.07, 6.45) is 2.17. The molecule has 0 aliphatic rings. The van der Waals surface area contributed by atoms with Crippen LogP contribution in [0.25, 0.3) is 0 Å². The number of benzene rings is 1. The second-order valence-corrected chi connectivity index (χ2v) is 5.02. The van der Waals surface area contributed by atoms with Crippen molar-refractivity contribution in [1.82, 2.24) is 10.3 Å². The Morgan fingerprint density at radius 1 is 1.14 bits per heavy atom. The molecule has 0 saturated heterocycles. The fourth-order valence-corrected chi connectivity index (χ4v) is 2.03. The maximum atomic E-state index is 11.8. The molecule has 0 radical (unpaired) electrons. The van der Waals surface area contributed by atoms with Gasteiger partial charge in [0.1, 0.15) is 0 Å². The van der Waals surface area contributed by atoms with Crippen LogP contribution in [0, 0.1) is 13.8 Å². The highest BCUT2D eigenvalue weighted by molar-refractivity contribution is 5.76. The van der Waals surface area contributed by atoms with E-state index in [-0.39, 0.29) is 5.91 Å². The lowest BCUT2D eigenvalue weighted by molar-refractivity contribution is -0.121. The Morgan fingerprint density at radius 2 is 2.00 bits per heavy atom. The van der Waals surface area contributed by atoms with Crippen molar-refractivity contribution in [2.75, 3.05) is 11.9 Å². The maximum absolute atomic E-state index is 11.8. The van der Waals surface area contributed by atoms with Gasteiger partial charge in [0.25, 0.3) is 0 Å². The number of nitrogens with one attached hydrogen (secondary N) is 2. The maximum Gasteiger partial charge on any atom is 0.222 e. The van der Waals surface area contributed by atoms with E-state index in [2.05, 4.69) is 35.5 Å². The molecule has 0 unspecified atom stereocenters. The molecule has 1 amide bonds. The van der Waals surface area contributed by atoms with Gasteiger partial charge in [-0.1, -0.05) is 18.2 Å². The topological polar surface area (TPSA) is 54.0 Å². The van der Waals surface area contributed by atoms with E-state index in [0.717, 1.165) is 11.4 Å². The number of rotatable bonds is 6. The van der Waals surface area contributed by atoms with E-state index in [1.807, 2.05) is 30.3 Å². The van der Waals surface area contributed by atoms with E-state index in [9.17, 15) is 4.79 Å². The zero-order valence-electron chi connectivity index (χ0n) is 12.5. The molecule has 1 heterocycles. The minimum atomic E-state index is 0.0264. The molecule has 0 atom stereocenters. The summed E-state index contributed by atoms with van der Waals surface area (Å²) in [6.45, 7) is 5.26. The smallest absolute Gasteiger partial charge is 0.222 e. The molecule has 21 heavy (non-hydrogen) atoms. The van der Waals surface area contributed by atoms with Gasteiger partial charge in [0, 0.05) is 24.8 Å². The van der Waals surface area contributed by atoms with Gasteiger partial charge in [-0.05, 0) is 43.2 Å². The third kappa shape index (κ3) is 4.60. The van der Waals surface area contributed by atoms with Crippen LogP contribution >= 0.6 is 0 Å². The number of carbonyl (C=O) groups is 1. The molecule has 2 rings (SSSR count). The summed E-state index contributed by atoms with van der Waals surface area (Å²) in [5, 5.41) is 6.18. The Balaban J connectivity index is 1.73. The van der Waals surface area contributed by atoms with Gasteiger partial charge in [-0.25, -0.2) is 0 Å². The normalized spacial score (nSPS) is 10.2. The first-order chi connectivity index (χ1) is 10.2. The zero-order chi connectivity index (χ0) is 15.1. The van der Waals surface area contributed by atoms with Crippen LogP contribution in [0.3, 0.4) is 0 Å². The monoisotopic (exact) mass is 283 g/mol. The number of carbonyl (C=O) groups excluding carboxylic acids is 1. The first-order valence-corrected chi connectivity index (χ1v) is 7.13. The molecule has 0 bridgehead atoms. The van der Waals surface area contributed by atoms with Gasteiger partial charge in [-0.3, -0.25) is 9.78 Å². The summed E-state index contributed by atoms with van der Waals surface area (Å²) in [7, 11) is 0. The number of pyridine rings is 1. The van der Waals surface area contributed by atoms with E-state index in [4.69, 9.17) is 0 Å². The summed E-state index contributed by atoms with van der Waals surface area (Å²) in [5.74, 6) is 0.0264. The fourth-order valence-electron chi connectivity index (χ4n) is 2.03. The molecule has 1 aromatic carbocycles. The molecule has 2 aromatic rings. The Kier molecular flexibility index (Phi) is 5.32. The van der Waals surface area contributed by atoms with Crippen LogP contribution in [0.2, 0.25) is 0 Å². The van der Waals surface area contributed by atoms with Crippen molar-refractivity contribution in [1.29, 1.82) is 0 Å². The lowest BCUT2D eigenvalue weighted by Crippen LogP contribution is -2.25. The van der Waals surface area contributed by atoms with Crippen LogP contribution in [0.15, 0.2) is 42.6 Å². The van der Waals surface area contributed by atoms with E-state index < -0.39 is 0 Å². The van der Waals surface area contributed by atoms with Gasteiger partial charge in [-0.15, -0.1) is 0 Å². The Bertz CT molecular complexity index is 596. The number of hydrogen-bond donors (Lipinski definition) is 2. The van der Waals surface area contributed by atoms with E-state index in [0.29, 0.717) is 19.5 Å². The van der Waals surface area contributed by atoms with Gasteiger partial charge in [0.05, 0.1) is 12.2 Å². The number of anilines is 1. The summed E-state index contributed by atoms with van der Waals surface area (Å²) < 4.78 is 0. The molecule has 4 nitrogen and oxygen atoms in total. The van der Waals surface area contributed by atoms with Gasteiger partial charge >= 0.3 is 0 Å². The molecule has 110 valence electrons. The lowest BCUT2D eigenvalue weighted by atomic mass is 10.1. The van der Waals surface area contributed by atoms with Crippen LogP contribution in [0.1, 0.15) is 23.2 Å². The summed E-state index contributed by atoms with van der Waals surface area (Å²) in [6, 6.07) is 11.8. The zero-order valence-corrected chi connectivity index (χ0v) is 12.5. The van der Waals surface area contributed by atoms with Gasteiger partial charge in [-0.2, -0.15) is 0 Å². The van der Waals surface area contributed by atoms with Crippen molar-refractivity contribution in [2.45, 2.75) is 26.8 Å². The highest BCUT2D eigenvalue weighted by Crippen LogP contribution is 2.17. The quantitative estimate of drug-likeness (QED) is 0.857. The molecular weight excluding hydrogens is 262 g/mol. The van der Waals surface area contributed by atoms with E-state index >= 15 is 0 Å². The van der Waals surface area contributed by atoms with E-state index in [1.165, 1.54) is 11.1 Å². The highest BCUT2D eigenvalue weighted by Gasteiger charge is 2.03. The average molecular weight is 283 g/mol. The van der Waals surface area contributed by atoms with Crippen LogP contribution < -0.4 is 10.6 Å². The molecule has 0 spiro atoms. The van der Waals surface area contributed by atoms with Crippen LogP contribution in [0.4, 0.5) is 5.69 Å². The highest BCUT2D eigenvalue weighted by atomic mass is 16.1. The van der Waals surface area contributed by atoms with Gasteiger partial charge < -0.3 is 10.6 Å². The third-order valence-corrected chi connectivity index (χ3v) is 3.46. The number of nitrogens with zero attached hydrogens (tertiary/aromatic N) is 1. The molecule has 0 aliphatic heterocycles. The van der Waals surface area contributed by atoms with Crippen LogP contribution in [-0.4, -0.2) is 17.4 Å². The summed E-state index contributed by atoms with van der Waals surface area (Å²) in [5.41, 5.74) is 4.44. The molecular formula is C17H21N3O. The first kappa shape index (κ1) is 15.0. The predicted octanol–water partition coefficient (Wildman–Crippen LogP) is 2.82. The van der Waals surface area contributed by atoms with Crippen molar-refractivity contribution < 1.29 is 4.79 Å². The number of amides is 1. The minimum Gasteiger partial charge on any atom is -0.384 e. The van der Waals surface area contributed by atoms with Crippen molar-refractivity contribution in [3.8, 4) is 0 Å². The fraction of sp³-hybridized carbons (Fsp3) is 0.294. The first-order valence-electron chi connectivity index (χ1n) is 7.13. The van der Waals surface area contributed by atoms with Gasteiger partial charge in [0.15, 0.2) is 0 Å². The van der Waals surface area contributed by atoms with Crippen molar-refractivity contribution in [3.05, 3.63) is 59.4 Å². The Morgan fingerprint density at radius 3 is 2.76 bits per heavy atom. The second kappa shape index (κ2) is 7.43. The second-order valence-electron chi connectivity index (χ2n) is 5.02. The minimum absolute atomic E-state index is 0.0264. The SMILES string of the molecule is Cc1cccc(NCCC(=O)NCc2ccccn2)c1C. The van der Waals surface area contributed by atoms with Crippen molar-refractivity contribution in [2.24, 2.45) is 0 Å². The predicted molar refractivity (Wildman–Crippen MR) is 85.1 cm³/mol. The molecule has 1 aromatic heterocycles. The molecule has 0 saturated carbocycles. The standard InChI is InChI=1S/C17H21N3O/c1-13-6-5-8-16(14(13)2)19-11-9-17(21)20-12-15-7-3-4-10-18-15/h3-8,10,19H,9,11-12H2,1-2H3,(H,20,21). The molecule has 0 aliphatic carbocycles.